The van der Waals surface area contributed by atoms with Crippen LogP contribution in [0.5, 0.6) is 5.75 Å². The molecule has 1 heterocycles. The van der Waals surface area contributed by atoms with Crippen LogP contribution in [0.1, 0.15) is 5.56 Å². The number of aromatic nitrogens is 2. The fourth-order valence-corrected chi connectivity index (χ4v) is 3.38. The number of nitrogens with zero attached hydrogens (tertiary/aromatic N) is 2. The molecule has 0 spiro atoms. The molecule has 0 fully saturated rings. The molecule has 1 aromatic heterocycles. The number of thioether (sulfide) groups is 1. The van der Waals surface area contributed by atoms with Gasteiger partial charge in [0.15, 0.2) is 5.16 Å². The number of ether oxygens (including phenoxy) is 1. The molecule has 0 amide bonds. The first-order valence-corrected chi connectivity index (χ1v) is 9.22. The van der Waals surface area contributed by atoms with E-state index in [1.807, 2.05) is 60.0 Å². The Balaban J connectivity index is 1.65. The summed E-state index contributed by atoms with van der Waals surface area (Å²) in [6, 6.07) is 15.8. The van der Waals surface area contributed by atoms with Crippen LogP contribution in [0.25, 0.3) is 11.0 Å². The van der Waals surface area contributed by atoms with Crippen molar-refractivity contribution in [3.8, 4) is 5.75 Å². The van der Waals surface area contributed by atoms with E-state index >= 15 is 0 Å². The molecule has 25 heavy (non-hydrogen) atoms. The maximum absolute atomic E-state index is 9.82. The van der Waals surface area contributed by atoms with Crippen molar-refractivity contribution in [1.82, 2.24) is 9.55 Å². The molecule has 2 N–H and O–H groups in total. The summed E-state index contributed by atoms with van der Waals surface area (Å²) in [5.74, 6) is 1.60. The second-order valence-corrected chi connectivity index (χ2v) is 6.90. The molecule has 0 saturated heterocycles. The molecule has 3 rings (SSSR count). The summed E-state index contributed by atoms with van der Waals surface area (Å²) >= 11 is 1.58. The van der Waals surface area contributed by atoms with Crippen molar-refractivity contribution in [2.24, 2.45) is 0 Å². The van der Waals surface area contributed by atoms with Crippen LogP contribution in [0.2, 0.25) is 0 Å². The number of benzene rings is 2. The Kier molecular flexibility index (Phi) is 5.96. The van der Waals surface area contributed by atoms with Gasteiger partial charge >= 0.3 is 0 Å². The number of para-hydroxylation sites is 2. The van der Waals surface area contributed by atoms with Crippen molar-refractivity contribution in [2.45, 2.75) is 24.7 Å². The second-order valence-electron chi connectivity index (χ2n) is 5.84. The number of rotatable bonds is 8. The number of imidazole rings is 1. The minimum Gasteiger partial charge on any atom is -0.493 e. The highest BCUT2D eigenvalue weighted by molar-refractivity contribution is 7.99. The first-order valence-electron chi connectivity index (χ1n) is 8.24. The highest BCUT2D eigenvalue weighted by atomic mass is 32.2. The van der Waals surface area contributed by atoms with Crippen molar-refractivity contribution in [3.05, 3.63) is 54.1 Å². The Bertz CT molecular complexity index is 817. The quantitative estimate of drug-likeness (QED) is 0.479. The summed E-state index contributed by atoms with van der Waals surface area (Å²) in [5.41, 5.74) is 3.05. The van der Waals surface area contributed by atoms with Crippen molar-refractivity contribution in [3.63, 3.8) is 0 Å². The molecule has 0 aliphatic rings. The molecule has 132 valence electrons. The van der Waals surface area contributed by atoms with E-state index < -0.39 is 6.10 Å². The summed E-state index contributed by atoms with van der Waals surface area (Å²) in [4.78, 5) is 4.63. The van der Waals surface area contributed by atoms with E-state index in [0.29, 0.717) is 13.2 Å². The SMILES string of the molecule is Cc1ccc(OCCSc2nc3ccccc3n2CC(O)CO)cc1. The van der Waals surface area contributed by atoms with Gasteiger partial charge in [0.2, 0.25) is 0 Å². The Morgan fingerprint density at radius 3 is 2.68 bits per heavy atom. The van der Waals surface area contributed by atoms with Crippen molar-refractivity contribution >= 4 is 22.8 Å². The summed E-state index contributed by atoms with van der Waals surface area (Å²) in [6.07, 6.45) is -0.805. The van der Waals surface area contributed by atoms with Gasteiger partial charge in [0.05, 0.1) is 36.9 Å². The lowest BCUT2D eigenvalue weighted by Crippen LogP contribution is -2.20. The Hall–Kier alpha value is -2.02. The predicted octanol–water partition coefficient (Wildman–Crippen LogP) is 2.87. The van der Waals surface area contributed by atoms with Crippen molar-refractivity contribution < 1.29 is 14.9 Å². The third-order valence-electron chi connectivity index (χ3n) is 3.83. The molecule has 3 aromatic rings. The van der Waals surface area contributed by atoms with Crippen molar-refractivity contribution in [2.75, 3.05) is 19.0 Å². The van der Waals surface area contributed by atoms with Crippen LogP contribution in [-0.4, -0.2) is 44.8 Å². The Morgan fingerprint density at radius 2 is 1.92 bits per heavy atom. The molecule has 0 aliphatic heterocycles. The first-order chi connectivity index (χ1) is 12.2. The van der Waals surface area contributed by atoms with Crippen LogP contribution in [-0.2, 0) is 6.54 Å². The van der Waals surface area contributed by atoms with Crippen LogP contribution in [0, 0.1) is 6.92 Å². The average Bonchev–Trinajstić information content (AvgIpc) is 2.98. The van der Waals surface area contributed by atoms with Crippen LogP contribution in [0.4, 0.5) is 0 Å². The fourth-order valence-electron chi connectivity index (χ4n) is 2.54. The Morgan fingerprint density at radius 1 is 1.16 bits per heavy atom. The van der Waals surface area contributed by atoms with Crippen LogP contribution in [0.3, 0.4) is 0 Å². The second kappa shape index (κ2) is 8.38. The lowest BCUT2D eigenvalue weighted by atomic mass is 10.2. The molecule has 1 unspecified atom stereocenters. The number of aliphatic hydroxyl groups excluding tert-OH is 2. The highest BCUT2D eigenvalue weighted by Crippen LogP contribution is 2.24. The maximum atomic E-state index is 9.82. The van der Waals surface area contributed by atoms with E-state index in [4.69, 9.17) is 9.84 Å². The molecule has 6 heteroatoms. The van der Waals surface area contributed by atoms with Gasteiger partial charge in [0.1, 0.15) is 5.75 Å². The molecule has 0 saturated carbocycles. The van der Waals surface area contributed by atoms with E-state index in [1.54, 1.807) is 11.8 Å². The summed E-state index contributed by atoms with van der Waals surface area (Å²) in [7, 11) is 0. The lowest BCUT2D eigenvalue weighted by Gasteiger charge is -2.12. The van der Waals surface area contributed by atoms with Gasteiger partial charge in [-0.2, -0.15) is 0 Å². The van der Waals surface area contributed by atoms with Gasteiger partial charge in [0.25, 0.3) is 0 Å². The zero-order valence-corrected chi connectivity index (χ0v) is 14.9. The highest BCUT2D eigenvalue weighted by Gasteiger charge is 2.14. The molecular weight excluding hydrogens is 336 g/mol. The topological polar surface area (TPSA) is 67.5 Å². The molecule has 0 aliphatic carbocycles. The molecule has 2 aromatic carbocycles. The van der Waals surface area contributed by atoms with Gasteiger partial charge in [-0.15, -0.1) is 0 Å². The number of hydrogen-bond acceptors (Lipinski definition) is 5. The molecular formula is C19H22N2O3S. The largest absolute Gasteiger partial charge is 0.493 e. The minimum absolute atomic E-state index is 0.271. The van der Waals surface area contributed by atoms with Gasteiger partial charge in [-0.25, -0.2) is 4.98 Å². The average molecular weight is 358 g/mol. The van der Waals surface area contributed by atoms with E-state index in [0.717, 1.165) is 27.7 Å². The van der Waals surface area contributed by atoms with Gasteiger partial charge in [-0.1, -0.05) is 41.6 Å². The van der Waals surface area contributed by atoms with Crippen molar-refractivity contribution in [1.29, 1.82) is 0 Å². The van der Waals surface area contributed by atoms with E-state index in [1.165, 1.54) is 5.56 Å². The maximum Gasteiger partial charge on any atom is 0.169 e. The minimum atomic E-state index is -0.805. The Labute approximate surface area is 151 Å². The van der Waals surface area contributed by atoms with E-state index in [-0.39, 0.29) is 6.61 Å². The smallest absolute Gasteiger partial charge is 0.169 e. The monoisotopic (exact) mass is 358 g/mol. The summed E-state index contributed by atoms with van der Waals surface area (Å²) < 4.78 is 7.70. The zero-order valence-electron chi connectivity index (χ0n) is 14.1. The van der Waals surface area contributed by atoms with Gasteiger partial charge in [0, 0.05) is 5.75 Å². The number of aliphatic hydroxyl groups is 2. The predicted molar refractivity (Wildman–Crippen MR) is 100 cm³/mol. The van der Waals surface area contributed by atoms with Crippen LogP contribution >= 0.6 is 11.8 Å². The van der Waals surface area contributed by atoms with E-state index in [2.05, 4.69) is 4.98 Å². The lowest BCUT2D eigenvalue weighted by molar-refractivity contribution is 0.0802. The zero-order chi connectivity index (χ0) is 17.6. The van der Waals surface area contributed by atoms with Gasteiger partial charge in [-0.3, -0.25) is 0 Å². The number of hydrogen-bond donors (Lipinski definition) is 2. The number of aryl methyl sites for hydroxylation is 1. The fraction of sp³-hybridized carbons (Fsp3) is 0.316. The standard InChI is InChI=1S/C19H22N2O3S/c1-14-6-8-16(9-7-14)24-10-11-25-19-20-17-4-2-3-5-18(17)21(19)12-15(23)13-22/h2-9,15,22-23H,10-13H2,1H3. The third kappa shape index (κ3) is 4.54. The first kappa shape index (κ1) is 17.8. The normalized spacial score (nSPS) is 12.4. The molecule has 5 nitrogen and oxygen atoms in total. The summed E-state index contributed by atoms with van der Waals surface area (Å²) in [6.45, 7) is 2.66. The van der Waals surface area contributed by atoms with Crippen LogP contribution in [0.15, 0.2) is 53.7 Å². The molecule has 1 atom stereocenters. The molecule has 0 radical (unpaired) electrons. The van der Waals surface area contributed by atoms with Gasteiger partial charge < -0.3 is 19.5 Å². The summed E-state index contributed by atoms with van der Waals surface area (Å²) in [5, 5.41) is 19.8. The number of fused-ring (bicyclic) bond motifs is 1. The van der Waals surface area contributed by atoms with Gasteiger partial charge in [-0.05, 0) is 31.2 Å². The van der Waals surface area contributed by atoms with E-state index in [9.17, 15) is 5.11 Å². The molecule has 0 bridgehead atoms. The third-order valence-corrected chi connectivity index (χ3v) is 4.77. The van der Waals surface area contributed by atoms with Crippen LogP contribution < -0.4 is 4.74 Å².